The average molecular weight is 230 g/mol. The highest BCUT2D eigenvalue weighted by atomic mass is 16.5. The molecule has 0 bridgehead atoms. The van der Waals surface area contributed by atoms with Crippen molar-refractivity contribution in [3.05, 3.63) is 47.9 Å². The van der Waals surface area contributed by atoms with Crippen molar-refractivity contribution >= 4 is 0 Å². The van der Waals surface area contributed by atoms with Gasteiger partial charge in [-0.1, -0.05) is 6.92 Å². The number of rotatable bonds is 4. The lowest BCUT2D eigenvalue weighted by Crippen LogP contribution is -1.96. The van der Waals surface area contributed by atoms with Crippen molar-refractivity contribution in [2.45, 2.75) is 20.0 Å². The lowest BCUT2D eigenvalue weighted by atomic mass is 10.2. The van der Waals surface area contributed by atoms with Crippen LogP contribution in [0.25, 0.3) is 0 Å². The topological polar surface area (TPSA) is 55.2 Å². The molecule has 0 unspecified atom stereocenters. The Morgan fingerprint density at radius 2 is 2.24 bits per heavy atom. The minimum atomic E-state index is -0.0150. The average Bonchev–Trinajstić information content (AvgIpc) is 2.39. The number of aromatic nitrogens is 2. The number of aliphatic hydroxyl groups is 1. The van der Waals surface area contributed by atoms with E-state index in [-0.39, 0.29) is 6.61 Å². The van der Waals surface area contributed by atoms with E-state index in [1.54, 1.807) is 24.5 Å². The molecular formula is C13H14N2O2. The van der Waals surface area contributed by atoms with Gasteiger partial charge in [0.15, 0.2) is 0 Å². The highest BCUT2D eigenvalue weighted by Crippen LogP contribution is 2.20. The molecule has 4 heteroatoms. The van der Waals surface area contributed by atoms with Crippen LogP contribution in [0.1, 0.15) is 18.2 Å². The van der Waals surface area contributed by atoms with E-state index in [0.29, 0.717) is 11.6 Å². The van der Waals surface area contributed by atoms with Crippen LogP contribution in [-0.2, 0) is 13.0 Å². The van der Waals surface area contributed by atoms with Gasteiger partial charge in [0.25, 0.3) is 0 Å². The van der Waals surface area contributed by atoms with Crippen LogP contribution in [0.2, 0.25) is 0 Å². The van der Waals surface area contributed by atoms with E-state index < -0.39 is 0 Å². The van der Waals surface area contributed by atoms with E-state index in [4.69, 9.17) is 9.84 Å². The highest BCUT2D eigenvalue weighted by molar-refractivity contribution is 5.29. The summed E-state index contributed by atoms with van der Waals surface area (Å²) in [6.45, 7) is 2.00. The van der Waals surface area contributed by atoms with Crippen molar-refractivity contribution in [3.8, 4) is 11.6 Å². The van der Waals surface area contributed by atoms with Gasteiger partial charge in [0.05, 0.1) is 12.8 Å². The molecule has 4 nitrogen and oxygen atoms in total. The van der Waals surface area contributed by atoms with Gasteiger partial charge >= 0.3 is 0 Å². The van der Waals surface area contributed by atoms with Gasteiger partial charge in [-0.3, -0.25) is 4.98 Å². The molecule has 0 saturated heterocycles. The van der Waals surface area contributed by atoms with Gasteiger partial charge in [-0.15, -0.1) is 0 Å². The Balaban J connectivity index is 2.26. The summed E-state index contributed by atoms with van der Waals surface area (Å²) >= 11 is 0. The Bertz CT molecular complexity index is 464. The Labute approximate surface area is 99.9 Å². The van der Waals surface area contributed by atoms with E-state index in [2.05, 4.69) is 9.97 Å². The molecular weight excluding hydrogens is 216 g/mol. The maximum atomic E-state index is 9.15. The third-order valence-corrected chi connectivity index (χ3v) is 2.32. The molecule has 2 heterocycles. The molecule has 0 amide bonds. The smallest absolute Gasteiger partial charge is 0.219 e. The number of ether oxygens (including phenoxy) is 1. The monoisotopic (exact) mass is 230 g/mol. The van der Waals surface area contributed by atoms with E-state index in [9.17, 15) is 0 Å². The zero-order valence-electron chi connectivity index (χ0n) is 9.63. The summed E-state index contributed by atoms with van der Waals surface area (Å²) in [5, 5.41) is 9.15. The lowest BCUT2D eigenvalue weighted by Gasteiger charge is -2.07. The lowest BCUT2D eigenvalue weighted by molar-refractivity contribution is 0.281. The molecule has 0 aromatic carbocycles. The van der Waals surface area contributed by atoms with Gasteiger partial charge in [0.1, 0.15) is 5.75 Å². The number of nitrogens with zero attached hydrogens (tertiary/aromatic N) is 2. The first-order valence-corrected chi connectivity index (χ1v) is 5.50. The summed E-state index contributed by atoms with van der Waals surface area (Å²) in [5.74, 6) is 1.12. The summed E-state index contributed by atoms with van der Waals surface area (Å²) in [4.78, 5) is 8.30. The maximum Gasteiger partial charge on any atom is 0.219 e. The molecule has 2 aromatic heterocycles. The molecule has 0 aliphatic heterocycles. The van der Waals surface area contributed by atoms with E-state index >= 15 is 0 Å². The second kappa shape index (κ2) is 5.41. The van der Waals surface area contributed by atoms with E-state index in [1.807, 2.05) is 19.1 Å². The highest BCUT2D eigenvalue weighted by Gasteiger charge is 2.03. The zero-order valence-corrected chi connectivity index (χ0v) is 9.63. The molecule has 0 saturated carbocycles. The summed E-state index contributed by atoms with van der Waals surface area (Å²) in [5.41, 5.74) is 1.70. The summed E-state index contributed by atoms with van der Waals surface area (Å²) in [7, 11) is 0. The van der Waals surface area contributed by atoms with Gasteiger partial charge in [0.2, 0.25) is 5.88 Å². The molecule has 1 N–H and O–H groups in total. The first kappa shape index (κ1) is 11.5. The van der Waals surface area contributed by atoms with Crippen molar-refractivity contribution in [2.75, 3.05) is 0 Å². The molecule has 2 rings (SSSR count). The Kier molecular flexibility index (Phi) is 3.67. The van der Waals surface area contributed by atoms with Crippen molar-refractivity contribution in [2.24, 2.45) is 0 Å². The first-order valence-electron chi connectivity index (χ1n) is 5.50. The van der Waals surface area contributed by atoms with Gasteiger partial charge in [0, 0.05) is 18.0 Å². The predicted molar refractivity (Wildman–Crippen MR) is 63.8 cm³/mol. The summed E-state index contributed by atoms with van der Waals surface area (Å²) < 4.78 is 5.58. The normalized spacial score (nSPS) is 10.2. The third-order valence-electron chi connectivity index (χ3n) is 2.32. The number of pyridine rings is 2. The minimum Gasteiger partial charge on any atom is -0.437 e. The SMILES string of the molecule is CCc1cc(CO)cc(Oc2cccnc2)n1. The third kappa shape index (κ3) is 3.01. The molecule has 0 radical (unpaired) electrons. The van der Waals surface area contributed by atoms with Crippen LogP contribution in [0.5, 0.6) is 11.6 Å². The first-order chi connectivity index (χ1) is 8.31. The van der Waals surface area contributed by atoms with Gasteiger partial charge in [-0.05, 0) is 30.2 Å². The minimum absolute atomic E-state index is 0.0150. The summed E-state index contributed by atoms with van der Waals surface area (Å²) in [6, 6.07) is 7.21. The van der Waals surface area contributed by atoms with Crippen LogP contribution in [-0.4, -0.2) is 15.1 Å². The fourth-order valence-electron chi connectivity index (χ4n) is 1.47. The molecule has 0 spiro atoms. The van der Waals surface area contributed by atoms with Crippen molar-refractivity contribution in [1.82, 2.24) is 9.97 Å². The predicted octanol–water partition coefficient (Wildman–Crippen LogP) is 2.32. The van der Waals surface area contributed by atoms with Crippen LogP contribution in [0.4, 0.5) is 0 Å². The molecule has 0 fully saturated rings. The Morgan fingerprint density at radius 1 is 1.35 bits per heavy atom. The molecule has 88 valence electrons. The van der Waals surface area contributed by atoms with E-state index in [0.717, 1.165) is 17.7 Å². The standard InChI is InChI=1S/C13H14N2O2/c1-2-11-6-10(9-16)7-13(15-11)17-12-4-3-5-14-8-12/h3-8,16H,2,9H2,1H3. The van der Waals surface area contributed by atoms with Crippen LogP contribution in [0.3, 0.4) is 0 Å². The van der Waals surface area contributed by atoms with Crippen molar-refractivity contribution in [1.29, 1.82) is 0 Å². The van der Waals surface area contributed by atoms with Crippen LogP contribution < -0.4 is 4.74 Å². The molecule has 0 atom stereocenters. The fraction of sp³-hybridized carbons (Fsp3) is 0.231. The largest absolute Gasteiger partial charge is 0.437 e. The van der Waals surface area contributed by atoms with Crippen molar-refractivity contribution in [3.63, 3.8) is 0 Å². The number of aliphatic hydroxyl groups excluding tert-OH is 1. The van der Waals surface area contributed by atoms with Crippen LogP contribution >= 0.6 is 0 Å². The van der Waals surface area contributed by atoms with Gasteiger partial charge in [-0.25, -0.2) is 4.98 Å². The molecule has 0 aliphatic carbocycles. The number of hydrogen-bond donors (Lipinski definition) is 1. The van der Waals surface area contributed by atoms with Crippen LogP contribution in [0.15, 0.2) is 36.7 Å². The maximum absolute atomic E-state index is 9.15. The number of hydrogen-bond acceptors (Lipinski definition) is 4. The van der Waals surface area contributed by atoms with Gasteiger partial charge in [-0.2, -0.15) is 0 Å². The number of aryl methyl sites for hydroxylation is 1. The zero-order chi connectivity index (χ0) is 12.1. The Hall–Kier alpha value is -1.94. The molecule has 17 heavy (non-hydrogen) atoms. The fourth-order valence-corrected chi connectivity index (χ4v) is 1.47. The van der Waals surface area contributed by atoms with Crippen molar-refractivity contribution < 1.29 is 9.84 Å². The summed E-state index contributed by atoms with van der Waals surface area (Å²) in [6.07, 6.45) is 4.11. The second-order valence-electron chi connectivity index (χ2n) is 3.61. The molecule has 2 aromatic rings. The van der Waals surface area contributed by atoms with Crippen LogP contribution in [0, 0.1) is 0 Å². The Morgan fingerprint density at radius 3 is 2.88 bits per heavy atom. The quantitative estimate of drug-likeness (QED) is 0.875. The van der Waals surface area contributed by atoms with Gasteiger partial charge < -0.3 is 9.84 Å². The van der Waals surface area contributed by atoms with E-state index in [1.165, 1.54) is 0 Å². The molecule has 0 aliphatic rings. The second-order valence-corrected chi connectivity index (χ2v) is 3.61.